The van der Waals surface area contributed by atoms with E-state index < -0.39 is 0 Å². The van der Waals surface area contributed by atoms with Crippen LogP contribution in [0, 0.1) is 0 Å². The quantitative estimate of drug-likeness (QED) is 0.652. The third-order valence-corrected chi connectivity index (χ3v) is 4.40. The van der Waals surface area contributed by atoms with Gasteiger partial charge in [-0.25, -0.2) is 0 Å². The standard InChI is InChI=1S/C19H26N2O4.ClH/c1-23-11-10-20-8-9-21-19(22)13-24-14-6-7-18-16(12-14)15-4-2-3-5-17(15)25-18;/h6-7,12,20H,2-5,8-11,13H2,1H3,(H,21,22);1H. The monoisotopic (exact) mass is 382 g/mol. The molecule has 0 aliphatic heterocycles. The first-order chi connectivity index (χ1) is 12.3. The fourth-order valence-electron chi connectivity index (χ4n) is 3.12. The van der Waals surface area contributed by atoms with Crippen LogP contribution in [0.2, 0.25) is 0 Å². The summed E-state index contributed by atoms with van der Waals surface area (Å²) in [6, 6.07) is 5.78. The molecule has 1 aliphatic rings. The summed E-state index contributed by atoms with van der Waals surface area (Å²) >= 11 is 0. The maximum absolute atomic E-state index is 11.8. The van der Waals surface area contributed by atoms with E-state index in [2.05, 4.69) is 10.6 Å². The lowest BCUT2D eigenvalue weighted by Gasteiger charge is -2.10. The number of methoxy groups -OCH3 is 1. The van der Waals surface area contributed by atoms with Crippen molar-refractivity contribution in [2.75, 3.05) is 40.0 Å². The molecule has 0 bridgehead atoms. The predicted octanol–water partition coefficient (Wildman–Crippen LogP) is 2.46. The number of amides is 1. The topological polar surface area (TPSA) is 72.7 Å². The van der Waals surface area contributed by atoms with Gasteiger partial charge in [0.25, 0.3) is 5.91 Å². The summed E-state index contributed by atoms with van der Waals surface area (Å²) in [6.45, 7) is 2.74. The summed E-state index contributed by atoms with van der Waals surface area (Å²) in [4.78, 5) is 11.8. The van der Waals surface area contributed by atoms with E-state index in [0.29, 0.717) is 25.4 Å². The molecule has 7 heteroatoms. The number of fused-ring (bicyclic) bond motifs is 3. The summed E-state index contributed by atoms with van der Waals surface area (Å²) < 4.78 is 16.5. The summed E-state index contributed by atoms with van der Waals surface area (Å²) in [5.74, 6) is 1.69. The number of carbonyl (C=O) groups is 1. The number of benzene rings is 1. The molecule has 1 aliphatic carbocycles. The van der Waals surface area contributed by atoms with Gasteiger partial charge >= 0.3 is 0 Å². The number of nitrogens with one attached hydrogen (secondary N) is 2. The molecular weight excluding hydrogens is 356 g/mol. The highest BCUT2D eigenvalue weighted by Crippen LogP contribution is 2.33. The van der Waals surface area contributed by atoms with Gasteiger partial charge in [-0.2, -0.15) is 0 Å². The molecule has 0 spiro atoms. The van der Waals surface area contributed by atoms with Crippen molar-refractivity contribution in [3.05, 3.63) is 29.5 Å². The van der Waals surface area contributed by atoms with Crippen LogP contribution in [-0.4, -0.2) is 45.9 Å². The van der Waals surface area contributed by atoms with Gasteiger partial charge in [-0.05, 0) is 37.5 Å². The van der Waals surface area contributed by atoms with Crippen LogP contribution in [0.5, 0.6) is 5.75 Å². The summed E-state index contributed by atoms with van der Waals surface area (Å²) in [5.41, 5.74) is 2.21. The summed E-state index contributed by atoms with van der Waals surface area (Å²) in [6.07, 6.45) is 4.47. The van der Waals surface area contributed by atoms with Crippen molar-refractivity contribution >= 4 is 29.3 Å². The first-order valence-electron chi connectivity index (χ1n) is 8.91. The molecule has 2 N–H and O–H groups in total. The Labute approximate surface area is 160 Å². The molecule has 0 saturated carbocycles. The maximum atomic E-state index is 11.8. The van der Waals surface area contributed by atoms with Gasteiger partial charge in [-0.1, -0.05) is 0 Å². The Bertz CT molecular complexity index is 717. The van der Waals surface area contributed by atoms with E-state index in [1.807, 2.05) is 18.2 Å². The third-order valence-electron chi connectivity index (χ3n) is 4.40. The van der Waals surface area contributed by atoms with Crippen LogP contribution in [0.3, 0.4) is 0 Å². The first-order valence-corrected chi connectivity index (χ1v) is 8.91. The lowest BCUT2D eigenvalue weighted by atomic mass is 9.96. The zero-order valence-electron chi connectivity index (χ0n) is 15.1. The van der Waals surface area contributed by atoms with Crippen LogP contribution in [0.15, 0.2) is 22.6 Å². The van der Waals surface area contributed by atoms with Crippen LogP contribution in [0.4, 0.5) is 0 Å². The molecule has 0 saturated heterocycles. The van der Waals surface area contributed by atoms with Gasteiger partial charge in [0.1, 0.15) is 17.1 Å². The van der Waals surface area contributed by atoms with Crippen LogP contribution < -0.4 is 15.4 Å². The molecule has 3 rings (SSSR count). The van der Waals surface area contributed by atoms with Gasteiger partial charge < -0.3 is 24.5 Å². The van der Waals surface area contributed by atoms with Crippen molar-refractivity contribution in [2.24, 2.45) is 0 Å². The van der Waals surface area contributed by atoms with Gasteiger partial charge in [0, 0.05) is 44.1 Å². The van der Waals surface area contributed by atoms with Gasteiger partial charge in [-0.3, -0.25) is 4.79 Å². The Morgan fingerprint density at radius 2 is 2.04 bits per heavy atom. The molecule has 0 radical (unpaired) electrons. The number of aryl methyl sites for hydroxylation is 2. The van der Waals surface area contributed by atoms with E-state index in [0.717, 1.165) is 36.1 Å². The third kappa shape index (κ3) is 5.37. The average Bonchev–Trinajstić information content (AvgIpc) is 3.01. The van der Waals surface area contributed by atoms with Gasteiger partial charge in [0.2, 0.25) is 0 Å². The van der Waals surface area contributed by atoms with Crippen LogP contribution in [0.1, 0.15) is 24.2 Å². The number of ether oxygens (including phenoxy) is 2. The van der Waals surface area contributed by atoms with Crippen molar-refractivity contribution in [1.29, 1.82) is 0 Å². The fourth-order valence-corrected chi connectivity index (χ4v) is 3.12. The molecule has 1 amide bonds. The number of rotatable bonds is 9. The number of carbonyl (C=O) groups excluding carboxylic acids is 1. The molecule has 0 fully saturated rings. The molecule has 6 nitrogen and oxygen atoms in total. The lowest BCUT2D eigenvalue weighted by molar-refractivity contribution is -0.123. The Morgan fingerprint density at radius 1 is 1.19 bits per heavy atom. The highest BCUT2D eigenvalue weighted by molar-refractivity contribution is 5.85. The average molecular weight is 383 g/mol. The van der Waals surface area contributed by atoms with E-state index >= 15 is 0 Å². The number of hydrogen-bond donors (Lipinski definition) is 2. The molecule has 2 aromatic rings. The number of hydrogen-bond acceptors (Lipinski definition) is 5. The largest absolute Gasteiger partial charge is 0.484 e. The predicted molar refractivity (Wildman–Crippen MR) is 103 cm³/mol. The first kappa shape index (κ1) is 20.6. The number of furan rings is 1. The highest BCUT2D eigenvalue weighted by Gasteiger charge is 2.18. The molecule has 0 unspecified atom stereocenters. The zero-order chi connectivity index (χ0) is 17.5. The molecule has 1 heterocycles. The normalized spacial score (nSPS) is 13.1. The van der Waals surface area contributed by atoms with Crippen molar-refractivity contribution in [3.8, 4) is 5.75 Å². The highest BCUT2D eigenvalue weighted by atomic mass is 35.5. The minimum Gasteiger partial charge on any atom is -0.484 e. The van der Waals surface area contributed by atoms with Crippen molar-refractivity contribution in [3.63, 3.8) is 0 Å². The molecule has 26 heavy (non-hydrogen) atoms. The Kier molecular flexibility index (Phi) is 8.22. The van der Waals surface area contributed by atoms with E-state index in [-0.39, 0.29) is 24.9 Å². The zero-order valence-corrected chi connectivity index (χ0v) is 16.0. The van der Waals surface area contributed by atoms with E-state index in [4.69, 9.17) is 13.9 Å². The molecule has 144 valence electrons. The second kappa shape index (κ2) is 10.4. The fraction of sp³-hybridized carbons (Fsp3) is 0.526. The second-order valence-electron chi connectivity index (χ2n) is 6.25. The van der Waals surface area contributed by atoms with Gasteiger partial charge in [0.15, 0.2) is 6.61 Å². The van der Waals surface area contributed by atoms with Crippen molar-refractivity contribution < 1.29 is 18.7 Å². The van der Waals surface area contributed by atoms with E-state index in [1.54, 1.807) is 7.11 Å². The molecular formula is C19H27ClN2O4. The minimum absolute atomic E-state index is 0. The van der Waals surface area contributed by atoms with Crippen molar-refractivity contribution in [2.45, 2.75) is 25.7 Å². The molecule has 1 aromatic carbocycles. The summed E-state index contributed by atoms with van der Waals surface area (Å²) in [7, 11) is 1.66. The van der Waals surface area contributed by atoms with Crippen LogP contribution >= 0.6 is 12.4 Å². The Morgan fingerprint density at radius 3 is 2.88 bits per heavy atom. The van der Waals surface area contributed by atoms with E-state index in [1.165, 1.54) is 18.4 Å². The molecule has 0 atom stereocenters. The van der Waals surface area contributed by atoms with Crippen LogP contribution in [-0.2, 0) is 22.4 Å². The Hall–Kier alpha value is -1.76. The van der Waals surface area contributed by atoms with Gasteiger partial charge in [-0.15, -0.1) is 12.4 Å². The SMILES string of the molecule is COCCNCCNC(=O)COc1ccc2oc3c(c2c1)CCCC3.Cl. The maximum Gasteiger partial charge on any atom is 0.257 e. The summed E-state index contributed by atoms with van der Waals surface area (Å²) in [5, 5.41) is 7.12. The Balaban J connectivity index is 0.00000243. The molecule has 1 aromatic heterocycles. The van der Waals surface area contributed by atoms with E-state index in [9.17, 15) is 4.79 Å². The van der Waals surface area contributed by atoms with Gasteiger partial charge in [0.05, 0.1) is 6.61 Å². The number of halogens is 1. The minimum atomic E-state index is -0.122. The lowest BCUT2D eigenvalue weighted by Crippen LogP contribution is -2.35. The second-order valence-corrected chi connectivity index (χ2v) is 6.25. The van der Waals surface area contributed by atoms with Crippen LogP contribution in [0.25, 0.3) is 11.0 Å². The van der Waals surface area contributed by atoms with Crippen molar-refractivity contribution in [1.82, 2.24) is 10.6 Å². The smallest absolute Gasteiger partial charge is 0.257 e.